The maximum atomic E-state index is 10.6. The number of aliphatic hydroxyl groups is 1. The van der Waals surface area contributed by atoms with Gasteiger partial charge in [-0.2, -0.15) is 0 Å². The van der Waals surface area contributed by atoms with Gasteiger partial charge in [0.25, 0.3) is 0 Å². The molecule has 0 radical (unpaired) electrons. The second kappa shape index (κ2) is 10.6. The van der Waals surface area contributed by atoms with E-state index in [-0.39, 0.29) is 12.5 Å². The molecular formula is C22H37NO4. The Bertz CT molecular complexity index is 489. The summed E-state index contributed by atoms with van der Waals surface area (Å²) in [5, 5.41) is 22.5. The van der Waals surface area contributed by atoms with Crippen LogP contribution in [0.2, 0.25) is 0 Å². The second-order valence-electron chi connectivity index (χ2n) is 8.72. The molecule has 5 nitrogen and oxygen atoms in total. The van der Waals surface area contributed by atoms with Crippen molar-refractivity contribution in [2.75, 3.05) is 13.1 Å². The Morgan fingerprint density at radius 3 is 2.59 bits per heavy atom. The molecule has 27 heavy (non-hydrogen) atoms. The van der Waals surface area contributed by atoms with Crippen molar-refractivity contribution in [2.24, 2.45) is 17.8 Å². The largest absolute Gasteiger partial charge is 0.481 e. The molecule has 3 fully saturated rings. The zero-order chi connectivity index (χ0) is 19.1. The van der Waals surface area contributed by atoms with Gasteiger partial charge in [-0.3, -0.25) is 4.79 Å². The fourth-order valence-electron chi connectivity index (χ4n) is 5.37. The molecule has 0 spiro atoms. The van der Waals surface area contributed by atoms with Gasteiger partial charge < -0.3 is 20.3 Å². The lowest BCUT2D eigenvalue weighted by Gasteiger charge is -2.27. The molecule has 3 rings (SSSR count). The van der Waals surface area contributed by atoms with Gasteiger partial charge >= 0.3 is 5.97 Å². The summed E-state index contributed by atoms with van der Waals surface area (Å²) in [5.74, 6) is 1.00. The Hall–Kier alpha value is -0.910. The molecule has 0 amide bonds. The van der Waals surface area contributed by atoms with Gasteiger partial charge in [-0.1, -0.05) is 25.0 Å². The Morgan fingerprint density at radius 2 is 1.85 bits per heavy atom. The molecule has 3 N–H and O–H groups in total. The highest BCUT2D eigenvalue weighted by molar-refractivity contribution is 5.66. The van der Waals surface area contributed by atoms with Gasteiger partial charge in [0.2, 0.25) is 0 Å². The van der Waals surface area contributed by atoms with Crippen molar-refractivity contribution in [3.8, 4) is 0 Å². The topological polar surface area (TPSA) is 78.8 Å². The van der Waals surface area contributed by atoms with Crippen molar-refractivity contribution in [3.63, 3.8) is 0 Å². The first-order valence-corrected chi connectivity index (χ1v) is 11.1. The summed E-state index contributed by atoms with van der Waals surface area (Å²) in [6.45, 7) is 1.68. The molecule has 1 aliphatic carbocycles. The van der Waals surface area contributed by atoms with Gasteiger partial charge in [0.15, 0.2) is 0 Å². The average Bonchev–Trinajstić information content (AvgIpc) is 3.39. The molecule has 2 aliphatic heterocycles. The van der Waals surface area contributed by atoms with Gasteiger partial charge in [-0.25, -0.2) is 0 Å². The van der Waals surface area contributed by atoms with Gasteiger partial charge in [-0.15, -0.1) is 0 Å². The quantitative estimate of drug-likeness (QED) is 0.357. The number of aliphatic hydroxyl groups excluding tert-OH is 1. The number of aliphatic carboxylic acids is 1. The Balaban J connectivity index is 1.35. The second-order valence-corrected chi connectivity index (χ2v) is 8.72. The zero-order valence-corrected chi connectivity index (χ0v) is 16.5. The van der Waals surface area contributed by atoms with E-state index in [0.717, 1.165) is 38.8 Å². The molecule has 0 aromatic carbocycles. The molecule has 5 heteroatoms. The molecule has 1 unspecified atom stereocenters. The first-order valence-electron chi connectivity index (χ1n) is 11.1. The third-order valence-corrected chi connectivity index (χ3v) is 6.88. The molecule has 2 bridgehead atoms. The third-order valence-electron chi connectivity index (χ3n) is 6.88. The highest BCUT2D eigenvalue weighted by atomic mass is 16.5. The predicted octanol–water partition coefficient (Wildman–Crippen LogP) is 3.51. The van der Waals surface area contributed by atoms with Gasteiger partial charge in [0.05, 0.1) is 18.3 Å². The lowest BCUT2D eigenvalue weighted by Crippen LogP contribution is -2.35. The van der Waals surface area contributed by atoms with Crippen LogP contribution in [-0.4, -0.2) is 47.6 Å². The van der Waals surface area contributed by atoms with E-state index in [2.05, 4.69) is 17.5 Å². The van der Waals surface area contributed by atoms with Crippen LogP contribution in [0.5, 0.6) is 0 Å². The summed E-state index contributed by atoms with van der Waals surface area (Å²) >= 11 is 0. The lowest BCUT2D eigenvalue weighted by atomic mass is 9.76. The van der Waals surface area contributed by atoms with Crippen LogP contribution in [0.15, 0.2) is 12.2 Å². The van der Waals surface area contributed by atoms with E-state index in [4.69, 9.17) is 9.84 Å². The summed E-state index contributed by atoms with van der Waals surface area (Å²) in [7, 11) is 0. The summed E-state index contributed by atoms with van der Waals surface area (Å²) in [5.41, 5.74) is 0. The van der Waals surface area contributed by atoms with Crippen LogP contribution in [0.25, 0.3) is 0 Å². The van der Waals surface area contributed by atoms with Crippen molar-refractivity contribution < 1.29 is 19.7 Å². The van der Waals surface area contributed by atoms with Crippen molar-refractivity contribution in [2.45, 2.75) is 88.9 Å². The SMILES string of the molecule is O=C(O)CCC/C=C\C[C@@H]1[C@H](CCNCC(O)C2CCCC2)[C@@H]2CC[C@H]1O2. The van der Waals surface area contributed by atoms with Crippen LogP contribution in [0.4, 0.5) is 0 Å². The minimum atomic E-state index is -0.712. The van der Waals surface area contributed by atoms with Crippen molar-refractivity contribution in [3.05, 3.63) is 12.2 Å². The highest BCUT2D eigenvalue weighted by Gasteiger charge is 2.47. The summed E-state index contributed by atoms with van der Waals surface area (Å²) < 4.78 is 6.18. The van der Waals surface area contributed by atoms with E-state index in [9.17, 15) is 9.90 Å². The van der Waals surface area contributed by atoms with Crippen LogP contribution in [-0.2, 0) is 9.53 Å². The molecular weight excluding hydrogens is 342 g/mol. The standard InChI is InChI=1S/C22H37NO4/c24-19(16-7-5-6-8-16)15-23-14-13-18-17(20-11-12-21(18)27-20)9-3-1-2-4-10-22(25)26/h1,3,16-21,23-24H,2,4-15H2,(H,25,26)/b3-1-/t17-,18+,19?,20-,21+/m1/s1. The van der Waals surface area contributed by atoms with E-state index >= 15 is 0 Å². The first kappa shape index (κ1) is 20.8. The Morgan fingerprint density at radius 1 is 1.11 bits per heavy atom. The normalized spacial score (nSPS) is 31.9. The van der Waals surface area contributed by atoms with E-state index in [1.807, 2.05) is 0 Å². The highest BCUT2D eigenvalue weighted by Crippen LogP contribution is 2.46. The average molecular weight is 380 g/mol. The molecule has 5 atom stereocenters. The van der Waals surface area contributed by atoms with Crippen LogP contribution in [0.1, 0.15) is 70.6 Å². The van der Waals surface area contributed by atoms with E-state index in [1.165, 1.54) is 38.5 Å². The molecule has 0 aromatic rings. The molecule has 3 aliphatic rings. The van der Waals surface area contributed by atoms with Gasteiger partial charge in [0, 0.05) is 13.0 Å². The third kappa shape index (κ3) is 6.03. The molecule has 2 heterocycles. The van der Waals surface area contributed by atoms with Crippen LogP contribution in [0, 0.1) is 17.8 Å². The lowest BCUT2D eigenvalue weighted by molar-refractivity contribution is -0.137. The van der Waals surface area contributed by atoms with E-state index in [1.54, 1.807) is 0 Å². The number of fused-ring (bicyclic) bond motifs is 2. The number of carboxylic acid groups (broad SMARTS) is 1. The maximum absolute atomic E-state index is 10.6. The Labute approximate surface area is 163 Å². The number of carbonyl (C=O) groups is 1. The predicted molar refractivity (Wildman–Crippen MR) is 106 cm³/mol. The van der Waals surface area contributed by atoms with Crippen LogP contribution >= 0.6 is 0 Å². The molecule has 2 saturated heterocycles. The maximum Gasteiger partial charge on any atom is 0.303 e. The zero-order valence-electron chi connectivity index (χ0n) is 16.5. The van der Waals surface area contributed by atoms with E-state index < -0.39 is 5.97 Å². The first-order chi connectivity index (χ1) is 13.1. The number of hydrogen-bond donors (Lipinski definition) is 3. The summed E-state index contributed by atoms with van der Waals surface area (Å²) in [6, 6.07) is 0. The van der Waals surface area contributed by atoms with Crippen LogP contribution < -0.4 is 5.32 Å². The molecule has 1 saturated carbocycles. The number of ether oxygens (including phenoxy) is 1. The smallest absolute Gasteiger partial charge is 0.303 e. The molecule has 154 valence electrons. The number of unbranched alkanes of at least 4 members (excludes halogenated alkanes) is 1. The summed E-state index contributed by atoms with van der Waals surface area (Å²) in [6.07, 6.45) is 16.3. The minimum Gasteiger partial charge on any atom is -0.481 e. The fraction of sp³-hybridized carbons (Fsp3) is 0.864. The monoisotopic (exact) mass is 379 g/mol. The minimum absolute atomic E-state index is 0.187. The van der Waals surface area contributed by atoms with Gasteiger partial charge in [-0.05, 0) is 75.7 Å². The molecule has 0 aromatic heterocycles. The summed E-state index contributed by atoms with van der Waals surface area (Å²) in [4.78, 5) is 10.6. The van der Waals surface area contributed by atoms with Gasteiger partial charge in [0.1, 0.15) is 0 Å². The number of allylic oxidation sites excluding steroid dienone is 2. The van der Waals surface area contributed by atoms with Crippen molar-refractivity contribution in [1.29, 1.82) is 0 Å². The van der Waals surface area contributed by atoms with Crippen LogP contribution in [0.3, 0.4) is 0 Å². The van der Waals surface area contributed by atoms with Crippen molar-refractivity contribution >= 4 is 5.97 Å². The number of nitrogens with one attached hydrogen (secondary N) is 1. The number of hydrogen-bond acceptors (Lipinski definition) is 4. The van der Waals surface area contributed by atoms with Crippen molar-refractivity contribution in [1.82, 2.24) is 5.32 Å². The number of rotatable bonds is 12. The van der Waals surface area contributed by atoms with E-state index in [0.29, 0.717) is 30.0 Å². The Kier molecular flexibility index (Phi) is 8.16. The number of carboxylic acids is 1. The fourth-order valence-corrected chi connectivity index (χ4v) is 5.37.